The van der Waals surface area contributed by atoms with Gasteiger partial charge in [-0.3, -0.25) is 0 Å². The van der Waals surface area contributed by atoms with E-state index in [1.807, 2.05) is 6.07 Å². The number of halogens is 1. The number of fused-ring (bicyclic) bond motifs is 1. The highest BCUT2D eigenvalue weighted by atomic mass is 35.5. The van der Waals surface area contributed by atoms with E-state index < -0.39 is 0 Å². The molecule has 3 nitrogen and oxygen atoms in total. The van der Waals surface area contributed by atoms with E-state index >= 15 is 0 Å². The molecule has 0 amide bonds. The molecule has 1 N–H and O–H groups in total. The SMILES string of the molecule is Cc1ccnc(Cl)c1-c1ccc2c(c1)CC(C1CCNCC1)O2. The quantitative estimate of drug-likeness (QED) is 0.846. The topological polar surface area (TPSA) is 34.2 Å². The van der Waals surface area contributed by atoms with E-state index in [-0.39, 0.29) is 0 Å². The number of aryl methyl sites for hydroxylation is 1. The molecular formula is C19H21ClN2O. The van der Waals surface area contributed by atoms with Gasteiger partial charge in [0, 0.05) is 18.2 Å². The molecule has 4 rings (SSSR count). The lowest BCUT2D eigenvalue weighted by Crippen LogP contribution is -2.36. The highest BCUT2D eigenvalue weighted by Crippen LogP contribution is 2.38. The van der Waals surface area contributed by atoms with E-state index in [0.717, 1.165) is 42.0 Å². The number of hydrogen-bond donors (Lipinski definition) is 1. The van der Waals surface area contributed by atoms with E-state index in [2.05, 4.69) is 35.4 Å². The van der Waals surface area contributed by atoms with Crippen LogP contribution in [0.25, 0.3) is 11.1 Å². The molecule has 1 atom stereocenters. The summed E-state index contributed by atoms with van der Waals surface area (Å²) < 4.78 is 6.22. The number of nitrogens with one attached hydrogen (secondary N) is 1. The minimum Gasteiger partial charge on any atom is -0.490 e. The van der Waals surface area contributed by atoms with Gasteiger partial charge in [0.05, 0.1) is 0 Å². The molecule has 0 spiro atoms. The van der Waals surface area contributed by atoms with Gasteiger partial charge in [0.15, 0.2) is 0 Å². The van der Waals surface area contributed by atoms with Gasteiger partial charge in [-0.05, 0) is 73.7 Å². The summed E-state index contributed by atoms with van der Waals surface area (Å²) >= 11 is 6.32. The molecule has 2 aliphatic rings. The molecule has 1 saturated heterocycles. The lowest BCUT2D eigenvalue weighted by Gasteiger charge is -2.27. The second kappa shape index (κ2) is 6.14. The second-order valence-electron chi connectivity index (χ2n) is 6.56. The third kappa shape index (κ3) is 2.84. The molecule has 4 heteroatoms. The Hall–Kier alpha value is -1.58. The standard InChI is InChI=1S/C19H21ClN2O/c1-12-4-9-22-19(20)18(12)14-2-3-16-15(10-14)11-17(23-16)13-5-7-21-8-6-13/h2-4,9-10,13,17,21H,5-8,11H2,1H3. The minimum atomic E-state index is 0.327. The Morgan fingerprint density at radius 1 is 1.22 bits per heavy atom. The molecule has 120 valence electrons. The lowest BCUT2D eigenvalue weighted by molar-refractivity contribution is 0.134. The van der Waals surface area contributed by atoms with Crippen LogP contribution in [0.4, 0.5) is 0 Å². The molecule has 0 saturated carbocycles. The Morgan fingerprint density at radius 2 is 2.04 bits per heavy atom. The van der Waals surface area contributed by atoms with Crippen LogP contribution in [-0.2, 0) is 6.42 Å². The van der Waals surface area contributed by atoms with Crippen LogP contribution in [0.2, 0.25) is 5.15 Å². The lowest BCUT2D eigenvalue weighted by atomic mass is 9.89. The zero-order valence-corrected chi connectivity index (χ0v) is 14.1. The third-order valence-electron chi connectivity index (χ3n) is 5.07. The van der Waals surface area contributed by atoms with Crippen molar-refractivity contribution in [3.8, 4) is 16.9 Å². The summed E-state index contributed by atoms with van der Waals surface area (Å²) in [6, 6.07) is 8.42. The third-order valence-corrected chi connectivity index (χ3v) is 5.36. The maximum atomic E-state index is 6.32. The summed E-state index contributed by atoms with van der Waals surface area (Å²) in [6.07, 6.45) is 5.50. The number of aromatic nitrogens is 1. The summed E-state index contributed by atoms with van der Waals surface area (Å²) in [5.74, 6) is 1.70. The molecule has 3 heterocycles. The molecule has 1 aromatic carbocycles. The van der Waals surface area contributed by atoms with Gasteiger partial charge in [0.1, 0.15) is 17.0 Å². The maximum absolute atomic E-state index is 6.32. The van der Waals surface area contributed by atoms with Crippen LogP contribution in [0.1, 0.15) is 24.0 Å². The summed E-state index contributed by atoms with van der Waals surface area (Å²) in [5, 5.41) is 3.99. The van der Waals surface area contributed by atoms with E-state index in [0.29, 0.717) is 17.2 Å². The number of nitrogens with zero attached hydrogens (tertiary/aromatic N) is 1. The van der Waals surface area contributed by atoms with Crippen LogP contribution < -0.4 is 10.1 Å². The summed E-state index contributed by atoms with van der Waals surface area (Å²) in [5.41, 5.74) is 4.61. The van der Waals surface area contributed by atoms with Crippen LogP contribution in [0.3, 0.4) is 0 Å². The van der Waals surface area contributed by atoms with Crippen LogP contribution in [-0.4, -0.2) is 24.2 Å². The Kier molecular flexibility index (Phi) is 4.00. The molecule has 2 aromatic rings. The Labute approximate surface area is 142 Å². The molecule has 0 bridgehead atoms. The van der Waals surface area contributed by atoms with Gasteiger partial charge < -0.3 is 10.1 Å². The first kappa shape index (κ1) is 15.0. The first-order valence-electron chi connectivity index (χ1n) is 8.34. The van der Waals surface area contributed by atoms with E-state index in [4.69, 9.17) is 16.3 Å². The highest BCUT2D eigenvalue weighted by molar-refractivity contribution is 6.32. The van der Waals surface area contributed by atoms with Crippen molar-refractivity contribution in [1.29, 1.82) is 0 Å². The first-order valence-corrected chi connectivity index (χ1v) is 8.72. The molecular weight excluding hydrogens is 308 g/mol. The summed E-state index contributed by atoms with van der Waals surface area (Å²) in [6.45, 7) is 4.29. The fraction of sp³-hybridized carbons (Fsp3) is 0.421. The largest absolute Gasteiger partial charge is 0.490 e. The Balaban J connectivity index is 1.62. The predicted octanol–water partition coefficient (Wildman–Crippen LogP) is 4.01. The monoisotopic (exact) mass is 328 g/mol. The van der Waals surface area contributed by atoms with Crippen molar-refractivity contribution in [3.05, 3.63) is 46.7 Å². The van der Waals surface area contributed by atoms with Crippen molar-refractivity contribution in [2.75, 3.05) is 13.1 Å². The second-order valence-corrected chi connectivity index (χ2v) is 6.92. The predicted molar refractivity (Wildman–Crippen MR) is 93.1 cm³/mol. The minimum absolute atomic E-state index is 0.327. The molecule has 1 aromatic heterocycles. The Bertz CT molecular complexity index is 705. The summed E-state index contributed by atoms with van der Waals surface area (Å²) in [4.78, 5) is 4.23. The van der Waals surface area contributed by atoms with E-state index in [1.54, 1.807) is 6.20 Å². The number of rotatable bonds is 2. The van der Waals surface area contributed by atoms with Crippen molar-refractivity contribution in [3.63, 3.8) is 0 Å². The molecule has 1 fully saturated rings. The van der Waals surface area contributed by atoms with Gasteiger partial charge in [0.2, 0.25) is 0 Å². The van der Waals surface area contributed by atoms with Gasteiger partial charge in [-0.1, -0.05) is 17.7 Å². The van der Waals surface area contributed by atoms with Crippen molar-refractivity contribution in [2.45, 2.75) is 32.3 Å². The van der Waals surface area contributed by atoms with Crippen molar-refractivity contribution >= 4 is 11.6 Å². The number of ether oxygens (including phenoxy) is 1. The fourth-order valence-corrected chi connectivity index (χ4v) is 4.10. The normalized spacial score (nSPS) is 21.0. The van der Waals surface area contributed by atoms with Gasteiger partial charge >= 0.3 is 0 Å². The van der Waals surface area contributed by atoms with Crippen molar-refractivity contribution in [2.24, 2.45) is 5.92 Å². The maximum Gasteiger partial charge on any atom is 0.137 e. The molecule has 2 aliphatic heterocycles. The number of pyridine rings is 1. The first-order chi connectivity index (χ1) is 11.2. The average Bonchev–Trinajstić information content (AvgIpc) is 2.99. The van der Waals surface area contributed by atoms with Gasteiger partial charge in [-0.2, -0.15) is 0 Å². The van der Waals surface area contributed by atoms with Gasteiger partial charge in [-0.15, -0.1) is 0 Å². The number of piperidine rings is 1. The highest BCUT2D eigenvalue weighted by Gasteiger charge is 2.31. The van der Waals surface area contributed by atoms with E-state index in [1.165, 1.54) is 18.4 Å². The fourth-order valence-electron chi connectivity index (χ4n) is 3.78. The molecule has 1 unspecified atom stereocenters. The van der Waals surface area contributed by atoms with Gasteiger partial charge in [0.25, 0.3) is 0 Å². The Morgan fingerprint density at radius 3 is 2.83 bits per heavy atom. The van der Waals surface area contributed by atoms with Crippen LogP contribution >= 0.6 is 11.6 Å². The zero-order valence-electron chi connectivity index (χ0n) is 13.3. The summed E-state index contributed by atoms with van der Waals surface area (Å²) in [7, 11) is 0. The molecule has 0 radical (unpaired) electrons. The van der Waals surface area contributed by atoms with Crippen molar-refractivity contribution in [1.82, 2.24) is 10.3 Å². The number of hydrogen-bond acceptors (Lipinski definition) is 3. The number of benzene rings is 1. The van der Waals surface area contributed by atoms with Gasteiger partial charge in [-0.25, -0.2) is 4.98 Å². The van der Waals surface area contributed by atoms with Crippen LogP contribution in [0.5, 0.6) is 5.75 Å². The van der Waals surface area contributed by atoms with Crippen LogP contribution in [0.15, 0.2) is 30.5 Å². The zero-order chi connectivity index (χ0) is 15.8. The molecule has 0 aliphatic carbocycles. The smallest absolute Gasteiger partial charge is 0.137 e. The van der Waals surface area contributed by atoms with Crippen molar-refractivity contribution < 1.29 is 4.74 Å². The average molecular weight is 329 g/mol. The van der Waals surface area contributed by atoms with Crippen LogP contribution in [0, 0.1) is 12.8 Å². The molecule has 23 heavy (non-hydrogen) atoms. The van der Waals surface area contributed by atoms with E-state index in [9.17, 15) is 0 Å².